The monoisotopic (exact) mass is 416 g/mol. The largest absolute Gasteiger partial charge is 0.454 e. The smallest absolute Gasteiger partial charge is 0.313 e. The van der Waals surface area contributed by atoms with Crippen molar-refractivity contribution in [1.29, 1.82) is 0 Å². The van der Waals surface area contributed by atoms with Gasteiger partial charge < -0.3 is 25.2 Å². The molecule has 7 nitrogen and oxygen atoms in total. The van der Waals surface area contributed by atoms with Crippen molar-refractivity contribution in [2.45, 2.75) is 44.1 Å². The molecular formula is C21H24N2O5S. The maximum absolute atomic E-state index is 12.4. The molecule has 154 valence electrons. The zero-order valence-electron chi connectivity index (χ0n) is 16.2. The van der Waals surface area contributed by atoms with Crippen molar-refractivity contribution < 1.29 is 24.2 Å². The van der Waals surface area contributed by atoms with Gasteiger partial charge in [-0.15, -0.1) is 11.3 Å². The first-order valence-corrected chi connectivity index (χ1v) is 10.6. The van der Waals surface area contributed by atoms with E-state index in [2.05, 4.69) is 10.6 Å². The molecule has 1 fully saturated rings. The number of aliphatic hydroxyl groups is 1. The molecule has 1 aromatic carbocycles. The fraction of sp³-hybridized carbons (Fsp3) is 0.429. The number of thiophene rings is 1. The van der Waals surface area contributed by atoms with E-state index in [-0.39, 0.29) is 12.2 Å². The number of rotatable bonds is 5. The third-order valence-corrected chi connectivity index (χ3v) is 7.05. The molecule has 1 unspecified atom stereocenters. The molecule has 1 aromatic heterocycles. The second kappa shape index (κ2) is 8.04. The van der Waals surface area contributed by atoms with E-state index in [4.69, 9.17) is 9.47 Å². The number of hydrogen-bond donors (Lipinski definition) is 3. The summed E-state index contributed by atoms with van der Waals surface area (Å²) in [4.78, 5) is 26.8. The Hall–Kier alpha value is -2.58. The van der Waals surface area contributed by atoms with Crippen LogP contribution >= 0.6 is 11.3 Å². The molecule has 0 bridgehead atoms. The average Bonchev–Trinajstić information content (AvgIpc) is 3.45. The normalized spacial score (nSPS) is 17.7. The van der Waals surface area contributed by atoms with Gasteiger partial charge in [0.1, 0.15) is 0 Å². The Balaban J connectivity index is 1.39. The highest BCUT2D eigenvalue weighted by Crippen LogP contribution is 2.44. The third-order valence-electron chi connectivity index (χ3n) is 5.55. The minimum absolute atomic E-state index is 0.148. The van der Waals surface area contributed by atoms with E-state index in [1.54, 1.807) is 36.5 Å². The van der Waals surface area contributed by atoms with E-state index in [1.165, 1.54) is 0 Å². The lowest BCUT2D eigenvalue weighted by molar-refractivity contribution is -0.136. The van der Waals surface area contributed by atoms with Crippen molar-refractivity contribution in [3.8, 4) is 11.5 Å². The predicted octanol–water partition coefficient (Wildman–Crippen LogP) is 3.10. The number of aliphatic hydroxyl groups excluding tert-OH is 1. The second-order valence-electron chi connectivity index (χ2n) is 7.57. The highest BCUT2D eigenvalue weighted by atomic mass is 32.1. The maximum Gasteiger partial charge on any atom is 0.313 e. The Morgan fingerprint density at radius 3 is 2.62 bits per heavy atom. The first-order chi connectivity index (χ1) is 14.0. The molecule has 2 heterocycles. The fourth-order valence-corrected chi connectivity index (χ4v) is 5.11. The zero-order valence-corrected chi connectivity index (χ0v) is 17.0. The summed E-state index contributed by atoms with van der Waals surface area (Å²) >= 11 is 1.58. The summed E-state index contributed by atoms with van der Waals surface area (Å²) in [6, 6.07) is 8.98. The molecule has 1 aliphatic heterocycles. The molecule has 1 saturated carbocycles. The molecular weight excluding hydrogens is 392 g/mol. The highest BCUT2D eigenvalue weighted by molar-refractivity contribution is 7.12. The van der Waals surface area contributed by atoms with E-state index in [0.717, 1.165) is 35.4 Å². The number of hydrogen-bond acceptors (Lipinski definition) is 6. The van der Waals surface area contributed by atoms with E-state index >= 15 is 0 Å². The van der Waals surface area contributed by atoms with Gasteiger partial charge in [-0.1, -0.05) is 12.8 Å². The van der Waals surface area contributed by atoms with Gasteiger partial charge in [-0.3, -0.25) is 9.59 Å². The van der Waals surface area contributed by atoms with Crippen LogP contribution in [0.3, 0.4) is 0 Å². The summed E-state index contributed by atoms with van der Waals surface area (Å²) in [6.07, 6.45) is 3.57. The molecule has 2 aliphatic rings. The third kappa shape index (κ3) is 4.09. The fourth-order valence-electron chi connectivity index (χ4n) is 3.92. The maximum atomic E-state index is 12.4. The summed E-state index contributed by atoms with van der Waals surface area (Å²) in [5, 5.41) is 15.2. The predicted molar refractivity (Wildman–Crippen MR) is 109 cm³/mol. The molecule has 1 atom stereocenters. The molecule has 8 heteroatoms. The van der Waals surface area contributed by atoms with Crippen molar-refractivity contribution >= 4 is 28.8 Å². The Kier molecular flexibility index (Phi) is 5.47. The lowest BCUT2D eigenvalue weighted by Crippen LogP contribution is -2.43. The van der Waals surface area contributed by atoms with Crippen LogP contribution in [0.25, 0.3) is 0 Å². The number of carbonyl (C=O) groups is 2. The summed E-state index contributed by atoms with van der Waals surface area (Å²) in [5.74, 6) is -0.225. The molecule has 0 radical (unpaired) electrons. The highest BCUT2D eigenvalue weighted by Gasteiger charge is 2.38. The topological polar surface area (TPSA) is 96.9 Å². The van der Waals surface area contributed by atoms with Crippen LogP contribution in [0.2, 0.25) is 0 Å². The molecule has 1 aliphatic carbocycles. The number of anilines is 1. The lowest BCUT2D eigenvalue weighted by atomic mass is 9.84. The van der Waals surface area contributed by atoms with Crippen LogP contribution in [0.15, 0.2) is 30.3 Å². The van der Waals surface area contributed by atoms with Gasteiger partial charge in [-0.2, -0.15) is 0 Å². The van der Waals surface area contributed by atoms with Gasteiger partial charge >= 0.3 is 11.8 Å². The van der Waals surface area contributed by atoms with Crippen molar-refractivity contribution in [2.24, 2.45) is 0 Å². The second-order valence-corrected chi connectivity index (χ2v) is 8.69. The van der Waals surface area contributed by atoms with Gasteiger partial charge in [0, 0.05) is 33.5 Å². The number of amides is 2. The van der Waals surface area contributed by atoms with Crippen LogP contribution < -0.4 is 20.1 Å². The summed E-state index contributed by atoms with van der Waals surface area (Å²) in [7, 11) is 0. The molecule has 4 rings (SSSR count). The van der Waals surface area contributed by atoms with Crippen molar-refractivity contribution in [2.75, 3.05) is 18.7 Å². The van der Waals surface area contributed by atoms with Crippen LogP contribution in [0.5, 0.6) is 11.5 Å². The van der Waals surface area contributed by atoms with E-state index in [0.29, 0.717) is 23.7 Å². The van der Waals surface area contributed by atoms with Crippen LogP contribution in [-0.2, 0) is 15.0 Å². The van der Waals surface area contributed by atoms with Gasteiger partial charge in [0.2, 0.25) is 6.79 Å². The van der Waals surface area contributed by atoms with E-state index in [1.807, 2.05) is 12.1 Å². The van der Waals surface area contributed by atoms with Gasteiger partial charge in [-0.05, 0) is 44.0 Å². The molecule has 2 amide bonds. The number of carbonyl (C=O) groups excluding carboxylic acids is 2. The Bertz CT molecular complexity index is 918. The minimum Gasteiger partial charge on any atom is -0.454 e. The molecule has 3 N–H and O–H groups in total. The van der Waals surface area contributed by atoms with Gasteiger partial charge in [0.25, 0.3) is 0 Å². The first kappa shape index (κ1) is 19.7. The summed E-state index contributed by atoms with van der Waals surface area (Å²) < 4.78 is 10.5. The Labute approximate surface area is 173 Å². The summed E-state index contributed by atoms with van der Waals surface area (Å²) in [5.41, 5.74) is 0.303. The molecule has 0 spiro atoms. The number of ether oxygens (including phenoxy) is 2. The summed E-state index contributed by atoms with van der Waals surface area (Å²) in [6.45, 7) is 2.30. The average molecular weight is 416 g/mol. The van der Waals surface area contributed by atoms with Gasteiger partial charge in [0.05, 0.1) is 6.10 Å². The van der Waals surface area contributed by atoms with Crippen molar-refractivity contribution in [3.63, 3.8) is 0 Å². The minimum atomic E-state index is -0.715. The van der Waals surface area contributed by atoms with Crippen LogP contribution in [-0.4, -0.2) is 30.3 Å². The van der Waals surface area contributed by atoms with Gasteiger partial charge in [0.15, 0.2) is 11.5 Å². The SMILES string of the molecule is CC(O)c1ccc(C2(CNC(=O)C(=O)Nc3ccc4c(c3)OCO4)CCCC2)s1. The van der Waals surface area contributed by atoms with Crippen LogP contribution in [0.1, 0.15) is 48.5 Å². The van der Waals surface area contributed by atoms with Gasteiger partial charge in [-0.25, -0.2) is 0 Å². The van der Waals surface area contributed by atoms with Crippen LogP contribution in [0.4, 0.5) is 5.69 Å². The quantitative estimate of drug-likeness (QED) is 0.651. The molecule has 29 heavy (non-hydrogen) atoms. The first-order valence-electron chi connectivity index (χ1n) is 9.74. The number of benzene rings is 1. The zero-order chi connectivity index (χ0) is 20.4. The van der Waals surface area contributed by atoms with Crippen molar-refractivity contribution in [1.82, 2.24) is 5.32 Å². The standard InChI is InChI=1S/C21H24N2O5S/c1-13(24)17-6-7-18(29-17)21(8-2-3-9-21)11-22-19(25)20(26)23-14-4-5-15-16(10-14)28-12-27-15/h4-7,10,13,24H,2-3,8-9,11-12H2,1H3,(H,22,25)(H,23,26). The molecule has 2 aromatic rings. The lowest BCUT2D eigenvalue weighted by Gasteiger charge is -2.28. The number of nitrogens with one attached hydrogen (secondary N) is 2. The Morgan fingerprint density at radius 2 is 1.90 bits per heavy atom. The van der Waals surface area contributed by atoms with E-state index in [9.17, 15) is 14.7 Å². The number of fused-ring (bicyclic) bond motifs is 1. The van der Waals surface area contributed by atoms with Crippen LogP contribution in [0, 0.1) is 0 Å². The van der Waals surface area contributed by atoms with Crippen molar-refractivity contribution in [3.05, 3.63) is 40.1 Å². The molecule has 0 saturated heterocycles. The van der Waals surface area contributed by atoms with E-state index < -0.39 is 17.9 Å². The Morgan fingerprint density at radius 1 is 1.14 bits per heavy atom.